The molecule has 1 N–H and O–H groups in total. The summed E-state index contributed by atoms with van der Waals surface area (Å²) >= 11 is 0. The quantitative estimate of drug-likeness (QED) is 0.772. The lowest BCUT2D eigenvalue weighted by Gasteiger charge is -2.22. The first-order chi connectivity index (χ1) is 7.88. The van der Waals surface area contributed by atoms with Gasteiger partial charge in [-0.1, -0.05) is 0 Å². The second kappa shape index (κ2) is 4.18. The fourth-order valence-electron chi connectivity index (χ4n) is 1.97. The maximum Gasteiger partial charge on any atom is 0.418 e. The lowest BCUT2D eigenvalue weighted by Crippen LogP contribution is -2.24. The maximum absolute atomic E-state index is 12.9. The molecule has 2 rings (SSSR count). The van der Waals surface area contributed by atoms with Gasteiger partial charge in [-0.05, 0) is 24.6 Å². The first-order valence-electron chi connectivity index (χ1n) is 5.17. The van der Waals surface area contributed by atoms with Gasteiger partial charge < -0.3 is 10.0 Å². The van der Waals surface area contributed by atoms with Crippen molar-refractivity contribution in [3.05, 3.63) is 29.6 Å². The minimum absolute atomic E-state index is 0.0737. The molecule has 1 fully saturated rings. The van der Waals surface area contributed by atoms with Crippen LogP contribution in [0.15, 0.2) is 18.2 Å². The van der Waals surface area contributed by atoms with Crippen LogP contribution in [0.25, 0.3) is 0 Å². The van der Waals surface area contributed by atoms with Crippen LogP contribution in [0, 0.1) is 5.82 Å². The predicted molar refractivity (Wildman–Crippen MR) is 54.2 cm³/mol. The van der Waals surface area contributed by atoms with Crippen molar-refractivity contribution >= 4 is 5.69 Å². The number of alkyl halides is 3. The van der Waals surface area contributed by atoms with Crippen molar-refractivity contribution in [3.8, 4) is 0 Å². The smallest absolute Gasteiger partial charge is 0.391 e. The number of anilines is 1. The molecule has 0 radical (unpaired) electrons. The molecule has 0 aliphatic carbocycles. The van der Waals surface area contributed by atoms with Crippen LogP contribution in [0.2, 0.25) is 0 Å². The molecule has 0 saturated carbocycles. The van der Waals surface area contributed by atoms with Gasteiger partial charge in [-0.2, -0.15) is 13.2 Å². The van der Waals surface area contributed by atoms with Gasteiger partial charge in [0.1, 0.15) is 5.82 Å². The van der Waals surface area contributed by atoms with Gasteiger partial charge in [-0.25, -0.2) is 4.39 Å². The zero-order chi connectivity index (χ0) is 12.6. The van der Waals surface area contributed by atoms with E-state index in [-0.39, 0.29) is 12.2 Å². The van der Waals surface area contributed by atoms with Gasteiger partial charge >= 0.3 is 6.18 Å². The molecule has 1 aliphatic heterocycles. The molecule has 1 aromatic carbocycles. The molecule has 1 aliphatic rings. The summed E-state index contributed by atoms with van der Waals surface area (Å²) < 4.78 is 51.0. The largest absolute Gasteiger partial charge is 0.418 e. The summed E-state index contributed by atoms with van der Waals surface area (Å²) in [6.07, 6.45) is -4.79. The number of β-amino-alcohol motifs (C(OH)–C–C–N with tert-alkyl or cyclic N) is 1. The van der Waals surface area contributed by atoms with Crippen molar-refractivity contribution in [1.29, 1.82) is 0 Å². The zero-order valence-electron chi connectivity index (χ0n) is 8.84. The molecule has 6 heteroatoms. The van der Waals surface area contributed by atoms with Gasteiger partial charge in [0.15, 0.2) is 0 Å². The Bertz CT molecular complexity index is 418. The summed E-state index contributed by atoms with van der Waals surface area (Å²) in [6.45, 7) is 0.491. The summed E-state index contributed by atoms with van der Waals surface area (Å²) in [5, 5.41) is 9.31. The predicted octanol–water partition coefficient (Wildman–Crippen LogP) is 2.42. The van der Waals surface area contributed by atoms with Crippen LogP contribution in [0.4, 0.5) is 23.2 Å². The second-order valence-corrected chi connectivity index (χ2v) is 4.05. The van der Waals surface area contributed by atoms with E-state index in [2.05, 4.69) is 0 Å². The summed E-state index contributed by atoms with van der Waals surface area (Å²) in [7, 11) is 0. The van der Waals surface area contributed by atoms with E-state index in [4.69, 9.17) is 0 Å². The van der Waals surface area contributed by atoms with Gasteiger partial charge in [0.25, 0.3) is 0 Å². The molecule has 2 nitrogen and oxygen atoms in total. The minimum Gasteiger partial charge on any atom is -0.391 e. The van der Waals surface area contributed by atoms with Gasteiger partial charge in [0.05, 0.1) is 11.7 Å². The Morgan fingerprint density at radius 1 is 1.29 bits per heavy atom. The monoisotopic (exact) mass is 249 g/mol. The summed E-state index contributed by atoms with van der Waals surface area (Å²) in [5.41, 5.74) is -1.07. The van der Waals surface area contributed by atoms with Crippen molar-refractivity contribution in [1.82, 2.24) is 0 Å². The average Bonchev–Trinajstić information content (AvgIpc) is 2.63. The van der Waals surface area contributed by atoms with Crippen LogP contribution in [-0.4, -0.2) is 24.3 Å². The SMILES string of the molecule is OC1CCN(c2ccc(F)cc2C(F)(F)F)C1. The molecule has 1 atom stereocenters. The Hall–Kier alpha value is -1.30. The highest BCUT2D eigenvalue weighted by molar-refractivity contribution is 5.56. The molecule has 0 aromatic heterocycles. The number of hydrogen-bond donors (Lipinski definition) is 1. The summed E-state index contributed by atoms with van der Waals surface area (Å²) in [4.78, 5) is 1.42. The number of nitrogens with zero attached hydrogens (tertiary/aromatic N) is 1. The molecule has 0 spiro atoms. The average molecular weight is 249 g/mol. The topological polar surface area (TPSA) is 23.5 Å². The Kier molecular flexibility index (Phi) is 2.99. The third-order valence-corrected chi connectivity index (χ3v) is 2.77. The lowest BCUT2D eigenvalue weighted by atomic mass is 10.1. The van der Waals surface area contributed by atoms with Crippen LogP contribution in [0.3, 0.4) is 0 Å². The Balaban J connectivity index is 2.39. The Morgan fingerprint density at radius 2 is 2.00 bits per heavy atom. The van der Waals surface area contributed by atoms with E-state index < -0.39 is 23.7 Å². The maximum atomic E-state index is 12.9. The Morgan fingerprint density at radius 3 is 2.53 bits per heavy atom. The second-order valence-electron chi connectivity index (χ2n) is 4.05. The standard InChI is InChI=1S/C11H11F4NO/c12-7-1-2-10(9(5-7)11(13,14)15)16-4-3-8(17)6-16/h1-2,5,8,17H,3-4,6H2. The molecule has 17 heavy (non-hydrogen) atoms. The molecular weight excluding hydrogens is 238 g/mol. The number of rotatable bonds is 1. The molecule has 0 bridgehead atoms. The van der Waals surface area contributed by atoms with E-state index in [0.29, 0.717) is 19.0 Å². The molecule has 1 aromatic rings. The molecule has 1 saturated heterocycles. The van der Waals surface area contributed by atoms with Crippen molar-refractivity contribution < 1.29 is 22.7 Å². The van der Waals surface area contributed by atoms with Crippen molar-refractivity contribution in [3.63, 3.8) is 0 Å². The van der Waals surface area contributed by atoms with Gasteiger partial charge in [-0.15, -0.1) is 0 Å². The number of aliphatic hydroxyl groups is 1. The fourth-order valence-corrected chi connectivity index (χ4v) is 1.97. The normalized spacial score (nSPS) is 21.0. The first-order valence-corrected chi connectivity index (χ1v) is 5.17. The highest BCUT2D eigenvalue weighted by Crippen LogP contribution is 2.38. The van der Waals surface area contributed by atoms with E-state index in [0.717, 1.165) is 12.1 Å². The third kappa shape index (κ3) is 2.52. The van der Waals surface area contributed by atoms with Crippen LogP contribution in [0.1, 0.15) is 12.0 Å². The van der Waals surface area contributed by atoms with E-state index in [1.54, 1.807) is 0 Å². The van der Waals surface area contributed by atoms with Crippen LogP contribution in [0.5, 0.6) is 0 Å². The van der Waals surface area contributed by atoms with Gasteiger partial charge in [0, 0.05) is 18.8 Å². The lowest BCUT2D eigenvalue weighted by molar-refractivity contribution is -0.137. The highest BCUT2D eigenvalue weighted by Gasteiger charge is 2.36. The molecule has 1 heterocycles. The van der Waals surface area contributed by atoms with Crippen LogP contribution in [-0.2, 0) is 6.18 Å². The zero-order valence-corrected chi connectivity index (χ0v) is 8.84. The van der Waals surface area contributed by atoms with Crippen LogP contribution >= 0.6 is 0 Å². The summed E-state index contributed by atoms with van der Waals surface area (Å²) in [6, 6.07) is 2.59. The van der Waals surface area contributed by atoms with E-state index in [1.165, 1.54) is 4.90 Å². The fraction of sp³-hybridized carbons (Fsp3) is 0.455. The van der Waals surface area contributed by atoms with Gasteiger partial charge in [-0.3, -0.25) is 0 Å². The number of hydrogen-bond acceptors (Lipinski definition) is 2. The number of aliphatic hydroxyl groups excluding tert-OH is 1. The first kappa shape index (κ1) is 12.2. The minimum atomic E-state index is -4.59. The number of benzene rings is 1. The Labute approximate surface area is 95.5 Å². The summed E-state index contributed by atoms with van der Waals surface area (Å²) in [5.74, 6) is -0.916. The van der Waals surface area contributed by atoms with Crippen molar-refractivity contribution in [2.24, 2.45) is 0 Å². The molecule has 0 amide bonds. The highest BCUT2D eigenvalue weighted by atomic mass is 19.4. The van der Waals surface area contributed by atoms with E-state index in [9.17, 15) is 22.7 Å². The molecule has 94 valence electrons. The van der Waals surface area contributed by atoms with Crippen LogP contribution < -0.4 is 4.90 Å². The molecular formula is C11H11F4NO. The van der Waals surface area contributed by atoms with E-state index >= 15 is 0 Å². The van der Waals surface area contributed by atoms with E-state index in [1.807, 2.05) is 0 Å². The van der Waals surface area contributed by atoms with Gasteiger partial charge in [0.2, 0.25) is 0 Å². The number of halogens is 4. The molecule has 1 unspecified atom stereocenters. The van der Waals surface area contributed by atoms with Crippen molar-refractivity contribution in [2.45, 2.75) is 18.7 Å². The third-order valence-electron chi connectivity index (χ3n) is 2.77. The van der Waals surface area contributed by atoms with Crippen molar-refractivity contribution in [2.75, 3.05) is 18.0 Å².